The molecule has 1 aliphatic rings. The molecule has 3 heteroatoms. The third-order valence-corrected chi connectivity index (χ3v) is 6.05. The first kappa shape index (κ1) is 17.7. The van der Waals surface area contributed by atoms with Gasteiger partial charge in [0.25, 0.3) is 5.91 Å². The summed E-state index contributed by atoms with van der Waals surface area (Å²) in [5.74, 6) is 1.17. The number of pyridine rings is 1. The molecule has 0 spiro atoms. The highest BCUT2D eigenvalue weighted by Gasteiger charge is 2.28. The minimum atomic E-state index is 0.0109. The van der Waals surface area contributed by atoms with Crippen LogP contribution in [0.2, 0.25) is 0 Å². The molecule has 2 aromatic carbocycles. The van der Waals surface area contributed by atoms with Gasteiger partial charge in [0, 0.05) is 17.0 Å². The summed E-state index contributed by atoms with van der Waals surface area (Å²) in [5.41, 5.74) is 3.43. The van der Waals surface area contributed by atoms with Crippen molar-refractivity contribution in [2.45, 2.75) is 39.2 Å². The van der Waals surface area contributed by atoms with Crippen molar-refractivity contribution >= 4 is 16.8 Å². The van der Waals surface area contributed by atoms with Crippen LogP contribution in [0, 0.1) is 11.8 Å². The van der Waals surface area contributed by atoms with Gasteiger partial charge < -0.3 is 5.32 Å². The van der Waals surface area contributed by atoms with Gasteiger partial charge in [-0.1, -0.05) is 75.2 Å². The number of carbonyl (C=O) groups excluding carboxylic acids is 1. The topological polar surface area (TPSA) is 42.0 Å². The normalized spacial score (nSPS) is 22.5. The highest BCUT2D eigenvalue weighted by Crippen LogP contribution is 2.30. The molecule has 3 atom stereocenters. The molecule has 3 aromatic rings. The summed E-state index contributed by atoms with van der Waals surface area (Å²) < 4.78 is 0. The van der Waals surface area contributed by atoms with E-state index in [9.17, 15) is 4.79 Å². The number of fused-ring (bicyclic) bond motifs is 1. The van der Waals surface area contributed by atoms with E-state index >= 15 is 0 Å². The van der Waals surface area contributed by atoms with Crippen LogP contribution in [0.5, 0.6) is 0 Å². The number of rotatable bonds is 3. The fourth-order valence-corrected chi connectivity index (χ4v) is 4.15. The maximum atomic E-state index is 13.2. The van der Waals surface area contributed by atoms with E-state index in [1.54, 1.807) is 0 Å². The zero-order chi connectivity index (χ0) is 18.8. The van der Waals surface area contributed by atoms with E-state index in [4.69, 9.17) is 4.98 Å². The van der Waals surface area contributed by atoms with Crippen molar-refractivity contribution in [3.8, 4) is 11.3 Å². The smallest absolute Gasteiger partial charge is 0.252 e. The third kappa shape index (κ3) is 3.59. The van der Waals surface area contributed by atoms with E-state index in [1.807, 2.05) is 60.7 Å². The van der Waals surface area contributed by atoms with Crippen molar-refractivity contribution in [1.82, 2.24) is 10.3 Å². The van der Waals surface area contributed by atoms with E-state index in [0.717, 1.165) is 28.6 Å². The van der Waals surface area contributed by atoms with Crippen LogP contribution in [-0.2, 0) is 0 Å². The van der Waals surface area contributed by atoms with Gasteiger partial charge >= 0.3 is 0 Å². The maximum absolute atomic E-state index is 13.2. The summed E-state index contributed by atoms with van der Waals surface area (Å²) >= 11 is 0. The molecule has 1 aliphatic carbocycles. The Bertz CT molecular complexity index is 951. The molecule has 1 heterocycles. The summed E-state index contributed by atoms with van der Waals surface area (Å²) in [6.07, 6.45) is 3.50. The lowest BCUT2D eigenvalue weighted by Crippen LogP contribution is -2.43. The largest absolute Gasteiger partial charge is 0.349 e. The molecule has 0 radical (unpaired) electrons. The van der Waals surface area contributed by atoms with Gasteiger partial charge in [0.05, 0.1) is 16.8 Å². The molecule has 4 rings (SSSR count). The zero-order valence-corrected chi connectivity index (χ0v) is 16.0. The number of hydrogen-bond donors (Lipinski definition) is 1. The van der Waals surface area contributed by atoms with E-state index in [2.05, 4.69) is 19.2 Å². The second-order valence-electron chi connectivity index (χ2n) is 7.79. The summed E-state index contributed by atoms with van der Waals surface area (Å²) in [4.78, 5) is 18.0. The van der Waals surface area contributed by atoms with Crippen LogP contribution in [0.3, 0.4) is 0 Å². The molecule has 27 heavy (non-hydrogen) atoms. The summed E-state index contributed by atoms with van der Waals surface area (Å²) in [6, 6.07) is 20.1. The SMILES string of the molecule is C[C@@H]1[C@H](C)CCC[C@H]1NC(=O)c1cc(-c2ccccc2)nc2ccccc12. The van der Waals surface area contributed by atoms with Crippen molar-refractivity contribution in [3.05, 3.63) is 66.2 Å². The number of para-hydroxylation sites is 1. The minimum absolute atomic E-state index is 0.0109. The lowest BCUT2D eigenvalue weighted by molar-refractivity contribution is 0.0892. The van der Waals surface area contributed by atoms with Crippen molar-refractivity contribution < 1.29 is 4.79 Å². The fraction of sp³-hybridized carbons (Fsp3) is 0.333. The van der Waals surface area contributed by atoms with Crippen LogP contribution >= 0.6 is 0 Å². The fourth-order valence-electron chi connectivity index (χ4n) is 4.15. The van der Waals surface area contributed by atoms with Crippen LogP contribution in [0.4, 0.5) is 0 Å². The Balaban J connectivity index is 1.72. The highest BCUT2D eigenvalue weighted by atomic mass is 16.1. The molecule has 1 amide bonds. The number of hydrogen-bond acceptors (Lipinski definition) is 2. The van der Waals surface area contributed by atoms with Crippen molar-refractivity contribution in [2.75, 3.05) is 0 Å². The maximum Gasteiger partial charge on any atom is 0.252 e. The standard InChI is InChI=1S/C24H26N2O/c1-16-9-8-14-21(17(16)2)26-24(27)20-15-23(18-10-4-3-5-11-18)25-22-13-7-6-12-19(20)22/h3-7,10-13,15-17,21H,8-9,14H2,1-2H3,(H,26,27)/t16-,17-,21-/m1/s1. The second kappa shape index (κ2) is 7.51. The molecule has 1 saturated carbocycles. The predicted molar refractivity (Wildman–Crippen MR) is 111 cm³/mol. The van der Waals surface area contributed by atoms with Gasteiger partial charge in [-0.2, -0.15) is 0 Å². The number of benzene rings is 2. The Hall–Kier alpha value is -2.68. The Morgan fingerprint density at radius 1 is 1.00 bits per heavy atom. The van der Waals surface area contributed by atoms with Crippen LogP contribution in [0.15, 0.2) is 60.7 Å². The molecule has 0 unspecified atom stereocenters. The van der Waals surface area contributed by atoms with E-state index in [0.29, 0.717) is 17.4 Å². The number of nitrogens with zero attached hydrogens (tertiary/aromatic N) is 1. The molecule has 0 saturated heterocycles. The molecule has 1 fully saturated rings. The van der Waals surface area contributed by atoms with E-state index in [-0.39, 0.29) is 11.9 Å². The van der Waals surface area contributed by atoms with Crippen molar-refractivity contribution in [2.24, 2.45) is 11.8 Å². The lowest BCUT2D eigenvalue weighted by Gasteiger charge is -2.34. The number of nitrogens with one attached hydrogen (secondary N) is 1. The van der Waals surface area contributed by atoms with Crippen LogP contribution in [-0.4, -0.2) is 16.9 Å². The van der Waals surface area contributed by atoms with Gasteiger partial charge in [-0.25, -0.2) is 4.98 Å². The van der Waals surface area contributed by atoms with Crippen LogP contribution in [0.25, 0.3) is 22.2 Å². The highest BCUT2D eigenvalue weighted by molar-refractivity contribution is 6.07. The molecular weight excluding hydrogens is 332 g/mol. The molecule has 1 aromatic heterocycles. The molecule has 3 nitrogen and oxygen atoms in total. The summed E-state index contributed by atoms with van der Waals surface area (Å²) in [7, 11) is 0. The average molecular weight is 358 g/mol. The Kier molecular flexibility index (Phi) is 4.93. The van der Waals surface area contributed by atoms with Crippen molar-refractivity contribution in [1.29, 1.82) is 0 Å². The van der Waals surface area contributed by atoms with Gasteiger partial charge in [-0.15, -0.1) is 0 Å². The van der Waals surface area contributed by atoms with Gasteiger partial charge in [-0.3, -0.25) is 4.79 Å². The lowest BCUT2D eigenvalue weighted by atomic mass is 9.78. The number of amides is 1. The summed E-state index contributed by atoms with van der Waals surface area (Å²) in [5, 5.41) is 4.23. The van der Waals surface area contributed by atoms with Crippen LogP contribution in [0.1, 0.15) is 43.5 Å². The number of carbonyl (C=O) groups is 1. The Morgan fingerprint density at radius 2 is 1.74 bits per heavy atom. The van der Waals surface area contributed by atoms with E-state index in [1.165, 1.54) is 12.8 Å². The second-order valence-corrected chi connectivity index (χ2v) is 7.79. The Labute approximate surface area is 160 Å². The molecule has 138 valence electrons. The Morgan fingerprint density at radius 3 is 2.56 bits per heavy atom. The average Bonchev–Trinajstić information content (AvgIpc) is 2.71. The molecule has 1 N–H and O–H groups in total. The van der Waals surface area contributed by atoms with Gasteiger partial charge in [0.15, 0.2) is 0 Å². The third-order valence-electron chi connectivity index (χ3n) is 6.05. The monoisotopic (exact) mass is 358 g/mol. The zero-order valence-electron chi connectivity index (χ0n) is 16.0. The quantitative estimate of drug-likeness (QED) is 0.676. The van der Waals surface area contributed by atoms with Gasteiger partial charge in [0.2, 0.25) is 0 Å². The molecular formula is C24H26N2O. The van der Waals surface area contributed by atoms with Gasteiger partial charge in [-0.05, 0) is 30.4 Å². The molecule has 0 bridgehead atoms. The van der Waals surface area contributed by atoms with E-state index < -0.39 is 0 Å². The van der Waals surface area contributed by atoms with Gasteiger partial charge in [0.1, 0.15) is 0 Å². The first-order valence-electron chi connectivity index (χ1n) is 9.89. The van der Waals surface area contributed by atoms with Crippen LogP contribution < -0.4 is 5.32 Å². The molecule has 0 aliphatic heterocycles. The van der Waals surface area contributed by atoms with Crippen molar-refractivity contribution in [3.63, 3.8) is 0 Å². The predicted octanol–water partition coefficient (Wildman–Crippen LogP) is 5.46. The minimum Gasteiger partial charge on any atom is -0.349 e. The first-order chi connectivity index (χ1) is 13.1. The number of aromatic nitrogens is 1. The summed E-state index contributed by atoms with van der Waals surface area (Å²) in [6.45, 7) is 4.55. The first-order valence-corrected chi connectivity index (χ1v) is 9.89.